The summed E-state index contributed by atoms with van der Waals surface area (Å²) in [4.78, 5) is 14.9. The summed E-state index contributed by atoms with van der Waals surface area (Å²) in [6, 6.07) is 5.05. The van der Waals surface area contributed by atoms with Gasteiger partial charge in [-0.3, -0.25) is 4.79 Å². The Kier molecular flexibility index (Phi) is 5.60. The molecule has 0 aliphatic rings. The van der Waals surface area contributed by atoms with Gasteiger partial charge in [-0.05, 0) is 18.2 Å². The number of benzene rings is 1. The van der Waals surface area contributed by atoms with E-state index in [1.807, 2.05) is 0 Å². The lowest BCUT2D eigenvalue weighted by molar-refractivity contribution is -0.118. The molecular formula is C13H13Cl2N3O. The zero-order valence-corrected chi connectivity index (χ0v) is 11.8. The Bertz CT molecular complexity index is 565. The maximum absolute atomic E-state index is 10.9. The average molecular weight is 298 g/mol. The van der Waals surface area contributed by atoms with Gasteiger partial charge in [-0.15, -0.1) is 0 Å². The molecule has 3 N–H and O–H groups in total. The van der Waals surface area contributed by atoms with Gasteiger partial charge >= 0.3 is 0 Å². The number of hydrogen-bond acceptors (Lipinski definition) is 2. The molecule has 0 heterocycles. The number of hydrogen-bond donors (Lipinski definition) is 2. The van der Waals surface area contributed by atoms with Crippen LogP contribution in [0.4, 0.5) is 0 Å². The van der Waals surface area contributed by atoms with Crippen LogP contribution in [0.1, 0.15) is 12.5 Å². The number of rotatable bonds is 4. The second kappa shape index (κ2) is 6.97. The summed E-state index contributed by atoms with van der Waals surface area (Å²) in [7, 11) is 0. The van der Waals surface area contributed by atoms with Crippen LogP contribution in [0.2, 0.25) is 10.0 Å². The molecule has 19 heavy (non-hydrogen) atoms. The molecule has 0 saturated heterocycles. The maximum Gasteiger partial charge on any atom is 0.221 e. The fraction of sp³-hybridized carbons (Fsp3) is 0.0769. The molecule has 1 aromatic carbocycles. The van der Waals surface area contributed by atoms with E-state index in [2.05, 4.69) is 16.9 Å². The number of nitrogens with zero attached hydrogens (tertiary/aromatic N) is 1. The molecule has 0 atom stereocenters. The van der Waals surface area contributed by atoms with E-state index >= 15 is 0 Å². The minimum atomic E-state index is -0.216. The third-order valence-electron chi connectivity index (χ3n) is 2.08. The van der Waals surface area contributed by atoms with E-state index in [1.54, 1.807) is 24.3 Å². The molecule has 6 heteroatoms. The number of nitrogens with two attached hydrogens (primary N) is 1. The first-order valence-corrected chi connectivity index (χ1v) is 6.07. The van der Waals surface area contributed by atoms with Crippen LogP contribution in [0.3, 0.4) is 0 Å². The van der Waals surface area contributed by atoms with Crippen molar-refractivity contribution >= 4 is 41.1 Å². The van der Waals surface area contributed by atoms with Crippen LogP contribution < -0.4 is 11.1 Å². The third-order valence-corrected chi connectivity index (χ3v) is 2.82. The minimum Gasteiger partial charge on any atom is -0.390 e. The van der Waals surface area contributed by atoms with E-state index in [-0.39, 0.29) is 5.91 Å². The highest BCUT2D eigenvalue weighted by molar-refractivity contribution is 6.42. The van der Waals surface area contributed by atoms with Gasteiger partial charge in [0.2, 0.25) is 5.91 Å². The summed E-state index contributed by atoms with van der Waals surface area (Å²) in [6.45, 7) is 5.09. The Hall–Kier alpha value is -1.78. The van der Waals surface area contributed by atoms with E-state index < -0.39 is 0 Å². The number of halogens is 2. The minimum absolute atomic E-state index is 0.216. The standard InChI is InChI=1S/C13H13Cl2N3O/c1-8(18-9(2)19)5-13(17-7-16)10-3-4-11(14)12(15)6-10/h3-7H,1H2,2H3,(H2,16,17)(H,18,19)/b13-5-. The Morgan fingerprint density at radius 1 is 1.42 bits per heavy atom. The lowest BCUT2D eigenvalue weighted by Crippen LogP contribution is -2.17. The van der Waals surface area contributed by atoms with Gasteiger partial charge in [0.05, 0.1) is 22.1 Å². The molecule has 0 radical (unpaired) electrons. The number of carbonyl (C=O) groups excluding carboxylic acids is 1. The van der Waals surface area contributed by atoms with Crippen molar-refractivity contribution < 1.29 is 4.79 Å². The van der Waals surface area contributed by atoms with Gasteiger partial charge in [-0.2, -0.15) is 0 Å². The fourth-order valence-corrected chi connectivity index (χ4v) is 1.66. The summed E-state index contributed by atoms with van der Waals surface area (Å²) in [5.41, 5.74) is 6.93. The predicted octanol–water partition coefficient (Wildman–Crippen LogP) is 2.97. The second-order valence-corrected chi connectivity index (χ2v) is 4.46. The van der Waals surface area contributed by atoms with E-state index in [4.69, 9.17) is 28.9 Å². The molecule has 0 spiro atoms. The first-order valence-electron chi connectivity index (χ1n) is 5.32. The monoisotopic (exact) mass is 297 g/mol. The molecule has 0 saturated carbocycles. The van der Waals surface area contributed by atoms with Gasteiger partial charge in [0.15, 0.2) is 0 Å². The van der Waals surface area contributed by atoms with Gasteiger partial charge < -0.3 is 11.1 Å². The number of aliphatic imine (C=N–C) groups is 1. The number of allylic oxidation sites excluding steroid dienone is 1. The van der Waals surface area contributed by atoms with Crippen molar-refractivity contribution in [1.29, 1.82) is 0 Å². The highest BCUT2D eigenvalue weighted by Crippen LogP contribution is 2.26. The summed E-state index contributed by atoms with van der Waals surface area (Å²) in [6.07, 6.45) is 2.74. The number of carbonyl (C=O) groups is 1. The van der Waals surface area contributed by atoms with Crippen molar-refractivity contribution in [2.75, 3.05) is 0 Å². The molecule has 1 rings (SSSR count). The molecule has 4 nitrogen and oxygen atoms in total. The summed E-state index contributed by atoms with van der Waals surface area (Å²) in [5.74, 6) is -0.216. The van der Waals surface area contributed by atoms with Gasteiger partial charge in [0.25, 0.3) is 0 Å². The van der Waals surface area contributed by atoms with Crippen LogP contribution in [-0.4, -0.2) is 12.2 Å². The molecule has 0 aromatic heterocycles. The molecule has 1 aromatic rings. The van der Waals surface area contributed by atoms with Gasteiger partial charge in [0.1, 0.15) is 0 Å². The number of nitrogens with one attached hydrogen (secondary N) is 1. The van der Waals surface area contributed by atoms with Crippen LogP contribution in [0, 0.1) is 0 Å². The van der Waals surface area contributed by atoms with Crippen molar-refractivity contribution in [2.45, 2.75) is 6.92 Å². The number of amides is 1. The van der Waals surface area contributed by atoms with E-state index in [1.165, 1.54) is 6.92 Å². The summed E-state index contributed by atoms with van der Waals surface area (Å²) in [5, 5.41) is 3.40. The molecule has 0 unspecified atom stereocenters. The van der Waals surface area contributed by atoms with Crippen molar-refractivity contribution in [3.8, 4) is 0 Å². The topological polar surface area (TPSA) is 67.5 Å². The first-order chi connectivity index (χ1) is 8.93. The van der Waals surface area contributed by atoms with Crippen molar-refractivity contribution in [3.63, 3.8) is 0 Å². The van der Waals surface area contributed by atoms with E-state index in [9.17, 15) is 4.79 Å². The zero-order chi connectivity index (χ0) is 14.4. The van der Waals surface area contributed by atoms with Crippen LogP contribution in [0.15, 0.2) is 41.5 Å². The predicted molar refractivity (Wildman–Crippen MR) is 80.1 cm³/mol. The average Bonchev–Trinajstić information content (AvgIpc) is 2.31. The van der Waals surface area contributed by atoms with Crippen LogP contribution >= 0.6 is 23.2 Å². The molecule has 0 fully saturated rings. The van der Waals surface area contributed by atoms with Crippen molar-refractivity contribution in [1.82, 2.24) is 5.32 Å². The molecule has 0 aliphatic heterocycles. The smallest absolute Gasteiger partial charge is 0.221 e. The molecular weight excluding hydrogens is 285 g/mol. The van der Waals surface area contributed by atoms with Gasteiger partial charge in [0, 0.05) is 18.2 Å². The summed E-state index contributed by atoms with van der Waals surface area (Å²) < 4.78 is 0. The Labute approximate surface area is 121 Å². The lowest BCUT2D eigenvalue weighted by atomic mass is 10.1. The Balaban J connectivity index is 3.13. The van der Waals surface area contributed by atoms with Crippen molar-refractivity contribution in [3.05, 3.63) is 52.2 Å². The lowest BCUT2D eigenvalue weighted by Gasteiger charge is -2.06. The maximum atomic E-state index is 10.9. The van der Waals surface area contributed by atoms with Crippen LogP contribution in [0.25, 0.3) is 5.70 Å². The quantitative estimate of drug-likeness (QED) is 0.510. The van der Waals surface area contributed by atoms with E-state index in [0.29, 0.717) is 27.0 Å². The fourth-order valence-electron chi connectivity index (χ4n) is 1.36. The van der Waals surface area contributed by atoms with Crippen LogP contribution in [0.5, 0.6) is 0 Å². The normalized spacial score (nSPS) is 11.6. The highest BCUT2D eigenvalue weighted by atomic mass is 35.5. The largest absolute Gasteiger partial charge is 0.390 e. The van der Waals surface area contributed by atoms with Gasteiger partial charge in [-0.1, -0.05) is 35.8 Å². The first kappa shape index (κ1) is 15.3. The SMILES string of the molecule is C=C(/C=C(\N=C/N)c1ccc(Cl)c(Cl)c1)NC(C)=O. The van der Waals surface area contributed by atoms with Gasteiger partial charge in [-0.25, -0.2) is 4.99 Å². The Morgan fingerprint density at radius 3 is 2.63 bits per heavy atom. The molecule has 0 aliphatic carbocycles. The van der Waals surface area contributed by atoms with Crippen molar-refractivity contribution in [2.24, 2.45) is 10.7 Å². The zero-order valence-electron chi connectivity index (χ0n) is 10.3. The highest BCUT2D eigenvalue weighted by Gasteiger charge is 2.05. The molecule has 0 bridgehead atoms. The Morgan fingerprint density at radius 2 is 2.11 bits per heavy atom. The molecule has 100 valence electrons. The molecule has 1 amide bonds. The van der Waals surface area contributed by atoms with E-state index in [0.717, 1.165) is 6.34 Å². The third kappa shape index (κ3) is 4.77. The second-order valence-electron chi connectivity index (χ2n) is 3.64. The summed E-state index contributed by atoms with van der Waals surface area (Å²) >= 11 is 11.8. The van der Waals surface area contributed by atoms with Crippen LogP contribution in [-0.2, 0) is 4.79 Å².